The van der Waals surface area contributed by atoms with E-state index in [9.17, 15) is 0 Å². The number of hydrogen-bond acceptors (Lipinski definition) is 0. The van der Waals surface area contributed by atoms with Gasteiger partial charge in [0, 0.05) is 0 Å². The Bertz CT molecular complexity index is 364. The molecule has 0 aliphatic carbocycles. The molecule has 96 valence electrons. The van der Waals surface area contributed by atoms with Crippen molar-refractivity contribution in [3.05, 3.63) is 30.3 Å². The highest BCUT2D eigenvalue weighted by molar-refractivity contribution is 8.08. The molecule has 0 aliphatic rings. The molecule has 0 amide bonds. The zero-order valence-electron chi connectivity index (χ0n) is 12.4. The number of hydrogen-bond donors (Lipinski definition) is 0. The molecule has 1 aromatic rings. The van der Waals surface area contributed by atoms with Crippen molar-refractivity contribution >= 4 is 28.3 Å². The molecule has 0 aromatic heterocycles. The van der Waals surface area contributed by atoms with E-state index in [0.29, 0.717) is 5.04 Å². The molecule has 1 atom stereocenters. The summed E-state index contributed by atoms with van der Waals surface area (Å²) in [6.45, 7) is 17.5. The van der Waals surface area contributed by atoms with Gasteiger partial charge in [-0.25, -0.2) is 0 Å². The molecule has 0 aliphatic heterocycles. The van der Waals surface area contributed by atoms with Crippen molar-refractivity contribution in [2.75, 3.05) is 0 Å². The molecule has 0 spiro atoms. The Morgan fingerprint density at radius 1 is 0.882 bits per heavy atom. The van der Waals surface area contributed by atoms with Gasteiger partial charge in [-0.15, -0.1) is 7.68 Å². The summed E-state index contributed by atoms with van der Waals surface area (Å²) < 4.78 is 0. The first-order valence-electron chi connectivity index (χ1n) is 6.41. The molecule has 1 rings (SSSR count). The first-order valence-corrected chi connectivity index (χ1v) is 15.4. The van der Waals surface area contributed by atoms with Crippen LogP contribution in [0, 0.1) is 0 Å². The van der Waals surface area contributed by atoms with Crippen molar-refractivity contribution in [1.82, 2.24) is 0 Å². The van der Waals surface area contributed by atoms with Crippen molar-refractivity contribution < 1.29 is 0 Å². The van der Waals surface area contributed by atoms with E-state index < -0.39 is 15.5 Å². The van der Waals surface area contributed by atoms with Crippen LogP contribution in [0.5, 0.6) is 0 Å². The predicted molar refractivity (Wildman–Crippen MR) is 89.1 cm³/mol. The maximum absolute atomic E-state index is 2.57. The Labute approximate surface area is 111 Å². The van der Waals surface area contributed by atoms with Crippen LogP contribution in [0.4, 0.5) is 0 Å². The first-order chi connectivity index (χ1) is 7.56. The molecule has 0 nitrogen and oxygen atoms in total. The van der Waals surface area contributed by atoms with E-state index >= 15 is 0 Å². The molecule has 0 fully saturated rings. The second-order valence-corrected chi connectivity index (χ2v) is 26.3. The zero-order chi connectivity index (χ0) is 13.3. The Hall–Kier alpha value is 0.0838. The highest BCUT2D eigenvalue weighted by atomic mass is 31.6. The van der Waals surface area contributed by atoms with Crippen molar-refractivity contribution in [1.29, 1.82) is 0 Å². The van der Waals surface area contributed by atoms with E-state index in [-0.39, 0.29) is 0 Å². The maximum atomic E-state index is 2.57. The summed E-state index contributed by atoms with van der Waals surface area (Å²) >= 11 is 0. The van der Waals surface area contributed by atoms with Gasteiger partial charge in [0.05, 0.1) is 15.5 Å². The zero-order valence-corrected chi connectivity index (χ0v) is 15.4. The minimum atomic E-state index is -1.24. The number of rotatable bonds is 3. The summed E-state index contributed by atoms with van der Waals surface area (Å²) in [6.07, 6.45) is 0. The minimum Gasteiger partial charge on any atom is -0.139 e. The van der Waals surface area contributed by atoms with Crippen LogP contribution in [-0.4, -0.2) is 15.5 Å². The SMILES string of the molecule is CC(C)(C)[Si](C)(C)P[Si](C)(C)c1ccccc1. The predicted octanol–water partition coefficient (Wildman–Crippen LogP) is 4.78. The fraction of sp³-hybridized carbons (Fsp3) is 0.571. The van der Waals surface area contributed by atoms with E-state index in [2.05, 4.69) is 77.3 Å². The molecule has 1 aromatic carbocycles. The molecule has 0 saturated heterocycles. The lowest BCUT2D eigenvalue weighted by atomic mass is 10.2. The van der Waals surface area contributed by atoms with E-state index in [1.54, 1.807) is 5.19 Å². The molecule has 0 saturated carbocycles. The highest BCUT2D eigenvalue weighted by Gasteiger charge is 2.40. The third-order valence-corrected chi connectivity index (χ3v) is 28.9. The van der Waals surface area contributed by atoms with Crippen LogP contribution < -0.4 is 5.19 Å². The van der Waals surface area contributed by atoms with Crippen LogP contribution in [0.25, 0.3) is 0 Å². The van der Waals surface area contributed by atoms with Crippen molar-refractivity contribution in [2.24, 2.45) is 0 Å². The largest absolute Gasteiger partial charge is 0.139 e. The average molecular weight is 283 g/mol. The second-order valence-electron chi connectivity index (χ2n) is 6.99. The molecule has 0 radical (unpaired) electrons. The van der Waals surface area contributed by atoms with Gasteiger partial charge in [-0.2, -0.15) is 0 Å². The minimum absolute atomic E-state index is 0.518. The van der Waals surface area contributed by atoms with Gasteiger partial charge < -0.3 is 0 Å². The maximum Gasteiger partial charge on any atom is 0.0998 e. The molecule has 0 heterocycles. The van der Waals surface area contributed by atoms with Crippen LogP contribution in [-0.2, 0) is 0 Å². The standard InChI is InChI=1S/C14H27PSi2/c1-14(2,3)17(6,7)15-16(4,5)13-11-9-8-10-12-13/h8-12,15H,1-7H3. The summed E-state index contributed by atoms with van der Waals surface area (Å²) in [5.74, 6) is 0. The summed E-state index contributed by atoms with van der Waals surface area (Å²) in [5, 5.41) is 2.15. The molecule has 0 N–H and O–H groups in total. The van der Waals surface area contributed by atoms with Crippen molar-refractivity contribution in [3.63, 3.8) is 0 Å². The normalized spacial score (nSPS) is 14.5. The van der Waals surface area contributed by atoms with Gasteiger partial charge >= 0.3 is 0 Å². The van der Waals surface area contributed by atoms with E-state index in [1.165, 1.54) is 7.68 Å². The van der Waals surface area contributed by atoms with E-state index in [0.717, 1.165) is 0 Å². The van der Waals surface area contributed by atoms with E-state index in [1.807, 2.05) is 0 Å². The van der Waals surface area contributed by atoms with Gasteiger partial charge in [-0.3, -0.25) is 0 Å². The van der Waals surface area contributed by atoms with Crippen LogP contribution in [0.3, 0.4) is 0 Å². The van der Waals surface area contributed by atoms with Gasteiger partial charge in [0.1, 0.15) is 0 Å². The lowest BCUT2D eigenvalue weighted by Crippen LogP contribution is -2.45. The lowest BCUT2D eigenvalue weighted by molar-refractivity contribution is 0.736. The summed E-state index contributed by atoms with van der Waals surface area (Å²) in [7, 11) is -1.18. The van der Waals surface area contributed by atoms with Crippen LogP contribution >= 0.6 is 7.68 Å². The topological polar surface area (TPSA) is 0 Å². The fourth-order valence-corrected chi connectivity index (χ4v) is 30.5. The molecule has 17 heavy (non-hydrogen) atoms. The van der Waals surface area contributed by atoms with Gasteiger partial charge in [0.2, 0.25) is 0 Å². The van der Waals surface area contributed by atoms with E-state index in [4.69, 9.17) is 0 Å². The Kier molecular flexibility index (Phi) is 4.44. The molecular formula is C14H27PSi2. The Morgan fingerprint density at radius 2 is 1.35 bits per heavy atom. The number of benzene rings is 1. The summed E-state index contributed by atoms with van der Waals surface area (Å²) in [4.78, 5) is 0. The van der Waals surface area contributed by atoms with Gasteiger partial charge in [0.15, 0.2) is 0 Å². The van der Waals surface area contributed by atoms with Gasteiger partial charge in [0.25, 0.3) is 0 Å². The highest BCUT2D eigenvalue weighted by Crippen LogP contribution is 2.50. The van der Waals surface area contributed by atoms with Gasteiger partial charge in [-0.05, 0) is 5.04 Å². The molecular weight excluding hydrogens is 255 g/mol. The first kappa shape index (κ1) is 15.1. The molecule has 1 unspecified atom stereocenters. The lowest BCUT2D eigenvalue weighted by Gasteiger charge is -2.42. The van der Waals surface area contributed by atoms with Crippen LogP contribution in [0.2, 0.25) is 31.2 Å². The van der Waals surface area contributed by atoms with Crippen molar-refractivity contribution in [3.8, 4) is 0 Å². The van der Waals surface area contributed by atoms with Crippen LogP contribution in [0.1, 0.15) is 20.8 Å². The smallest absolute Gasteiger partial charge is 0.0998 e. The molecule has 0 bridgehead atoms. The molecule has 3 heteroatoms. The third kappa shape index (κ3) is 3.77. The summed E-state index contributed by atoms with van der Waals surface area (Å²) in [5.41, 5.74) is 0. The quantitative estimate of drug-likeness (QED) is 0.553. The summed E-state index contributed by atoms with van der Waals surface area (Å²) in [6, 6.07) is 11.2. The second kappa shape index (κ2) is 4.99. The average Bonchev–Trinajstić information content (AvgIpc) is 2.15. The van der Waals surface area contributed by atoms with Gasteiger partial charge in [-0.1, -0.05) is 82.5 Å². The third-order valence-electron chi connectivity index (χ3n) is 4.00. The fourth-order valence-electron chi connectivity index (χ4n) is 1.90. The van der Waals surface area contributed by atoms with Crippen molar-refractivity contribution in [2.45, 2.75) is 52.0 Å². The Morgan fingerprint density at radius 3 is 1.76 bits per heavy atom. The van der Waals surface area contributed by atoms with Crippen LogP contribution in [0.15, 0.2) is 30.3 Å². The monoisotopic (exact) mass is 282 g/mol. The Balaban J connectivity index is 2.95.